The van der Waals surface area contributed by atoms with Gasteiger partial charge >= 0.3 is 0 Å². The molecule has 2 aliphatic rings. The van der Waals surface area contributed by atoms with E-state index in [9.17, 15) is 8.78 Å². The quantitative estimate of drug-likeness (QED) is 0.248. The molecule has 1 saturated carbocycles. The van der Waals surface area contributed by atoms with Gasteiger partial charge in [-0.05, 0) is 110 Å². The van der Waals surface area contributed by atoms with Gasteiger partial charge in [-0.3, -0.25) is 0 Å². The molecule has 0 nitrogen and oxygen atoms in total. The summed E-state index contributed by atoms with van der Waals surface area (Å²) in [4.78, 5) is 0. The predicted molar refractivity (Wildman–Crippen MR) is 161 cm³/mol. The van der Waals surface area contributed by atoms with Gasteiger partial charge in [-0.25, -0.2) is 13.2 Å². The van der Waals surface area contributed by atoms with Crippen LogP contribution in [0.2, 0.25) is 0 Å². The van der Waals surface area contributed by atoms with Gasteiger partial charge in [0, 0.05) is 11.1 Å². The number of allylic oxidation sites excluding steroid dienone is 4. The van der Waals surface area contributed by atoms with Gasteiger partial charge in [0.2, 0.25) is 0 Å². The highest BCUT2D eigenvalue weighted by Crippen LogP contribution is 2.42. The molecule has 5 rings (SSSR count). The molecular weight excluding hydrogens is 501 g/mol. The van der Waals surface area contributed by atoms with Crippen LogP contribution in [0.3, 0.4) is 0 Å². The molecule has 0 aromatic heterocycles. The Hall–Kier alpha value is -3.07. The summed E-state index contributed by atoms with van der Waals surface area (Å²) in [5.74, 6) is 0.642. The summed E-state index contributed by atoms with van der Waals surface area (Å²) in [7, 11) is 0. The summed E-state index contributed by atoms with van der Waals surface area (Å²) in [6.07, 6.45) is 18.3. The predicted octanol–water partition coefficient (Wildman–Crippen LogP) is 11.3. The molecule has 210 valence electrons. The maximum Gasteiger partial charge on any atom is 0.166 e. The van der Waals surface area contributed by atoms with Crippen LogP contribution >= 0.6 is 0 Å². The second kappa shape index (κ2) is 13.1. The Labute approximate surface area is 238 Å². The fourth-order valence-electron chi connectivity index (χ4n) is 6.86. The molecule has 1 unspecified atom stereocenters. The highest BCUT2D eigenvalue weighted by atomic mass is 19.2. The van der Waals surface area contributed by atoms with Gasteiger partial charge in [0.25, 0.3) is 0 Å². The van der Waals surface area contributed by atoms with E-state index in [-0.39, 0.29) is 11.4 Å². The summed E-state index contributed by atoms with van der Waals surface area (Å²) in [5.41, 5.74) is 4.67. The van der Waals surface area contributed by atoms with Crippen LogP contribution in [-0.2, 0) is 6.42 Å². The molecule has 0 radical (unpaired) electrons. The van der Waals surface area contributed by atoms with Crippen molar-refractivity contribution in [3.63, 3.8) is 0 Å². The SMILES string of the molecule is CC=CCCC1CCC(C2CC=C(c3ccc(-c4ccc(-c5ccc(CC)c(F)c5F)cc4)cc3F)CC2)CC1. The van der Waals surface area contributed by atoms with E-state index in [0.29, 0.717) is 23.1 Å². The number of rotatable bonds is 8. The van der Waals surface area contributed by atoms with E-state index in [1.807, 2.05) is 24.3 Å². The first-order valence-electron chi connectivity index (χ1n) is 15.2. The maximum atomic E-state index is 15.3. The van der Waals surface area contributed by atoms with Crippen molar-refractivity contribution in [1.82, 2.24) is 0 Å². The Balaban J connectivity index is 1.22. The number of hydrogen-bond acceptors (Lipinski definition) is 0. The summed E-state index contributed by atoms with van der Waals surface area (Å²) >= 11 is 0. The topological polar surface area (TPSA) is 0 Å². The van der Waals surface area contributed by atoms with E-state index in [4.69, 9.17) is 0 Å². The first kappa shape index (κ1) is 28.5. The van der Waals surface area contributed by atoms with Crippen molar-refractivity contribution in [2.45, 2.75) is 78.1 Å². The smallest absolute Gasteiger partial charge is 0.166 e. The standard InChI is InChI=1S/C37H41F3/c1-3-5-6-7-25-8-10-27(11-9-25)28-12-16-30(17-13-28)33-22-21-32(24-35(33)38)29-14-18-31(19-15-29)34-23-20-26(4-2)36(39)37(34)40/h3,5,14-16,18-25,27-28H,4,6-13,17H2,1-2H3. The third kappa shape index (κ3) is 6.29. The Morgan fingerprint density at radius 1 is 0.750 bits per heavy atom. The van der Waals surface area contributed by atoms with Crippen molar-refractivity contribution in [3.8, 4) is 22.3 Å². The number of benzene rings is 3. The van der Waals surface area contributed by atoms with Crippen LogP contribution in [0.1, 0.15) is 82.8 Å². The molecule has 3 aromatic carbocycles. The van der Waals surface area contributed by atoms with Crippen molar-refractivity contribution < 1.29 is 13.2 Å². The maximum absolute atomic E-state index is 15.3. The van der Waals surface area contributed by atoms with Gasteiger partial charge in [-0.1, -0.05) is 86.5 Å². The summed E-state index contributed by atoms with van der Waals surface area (Å²) in [6.45, 7) is 3.90. The average molecular weight is 543 g/mol. The molecule has 3 aromatic rings. The summed E-state index contributed by atoms with van der Waals surface area (Å²) in [5, 5.41) is 0. The lowest BCUT2D eigenvalue weighted by Gasteiger charge is -2.35. The van der Waals surface area contributed by atoms with Crippen LogP contribution in [0, 0.1) is 35.2 Å². The molecule has 0 amide bonds. The van der Waals surface area contributed by atoms with Crippen LogP contribution in [0.4, 0.5) is 13.2 Å². The zero-order valence-electron chi connectivity index (χ0n) is 23.9. The molecule has 0 spiro atoms. The first-order chi connectivity index (χ1) is 19.5. The number of aryl methyl sites for hydroxylation is 1. The largest absolute Gasteiger partial charge is 0.206 e. The third-order valence-corrected chi connectivity index (χ3v) is 9.37. The lowest BCUT2D eigenvalue weighted by Crippen LogP contribution is -2.23. The lowest BCUT2D eigenvalue weighted by atomic mass is 9.70. The minimum Gasteiger partial charge on any atom is -0.206 e. The first-order valence-corrected chi connectivity index (χ1v) is 15.2. The van der Waals surface area contributed by atoms with Crippen LogP contribution in [0.5, 0.6) is 0 Å². The van der Waals surface area contributed by atoms with E-state index in [0.717, 1.165) is 53.7 Å². The zero-order chi connectivity index (χ0) is 28.1. The van der Waals surface area contributed by atoms with E-state index in [1.165, 1.54) is 38.5 Å². The molecular formula is C37H41F3. The molecule has 1 fully saturated rings. The Kier molecular flexibility index (Phi) is 9.29. The van der Waals surface area contributed by atoms with Crippen molar-refractivity contribution >= 4 is 5.57 Å². The Bertz CT molecular complexity index is 1360. The molecule has 40 heavy (non-hydrogen) atoms. The molecule has 1 atom stereocenters. The van der Waals surface area contributed by atoms with Gasteiger partial charge in [0.1, 0.15) is 5.82 Å². The second-order valence-electron chi connectivity index (χ2n) is 11.7. The normalized spacial score (nSPS) is 21.5. The van der Waals surface area contributed by atoms with Crippen LogP contribution in [0.15, 0.2) is 72.8 Å². The molecule has 0 heterocycles. The second-order valence-corrected chi connectivity index (χ2v) is 11.7. The van der Waals surface area contributed by atoms with Gasteiger partial charge < -0.3 is 0 Å². The minimum absolute atomic E-state index is 0.198. The fourth-order valence-corrected chi connectivity index (χ4v) is 6.86. The average Bonchev–Trinajstić information content (AvgIpc) is 2.99. The monoisotopic (exact) mass is 542 g/mol. The van der Waals surface area contributed by atoms with Gasteiger partial charge in [0.05, 0.1) is 0 Å². The van der Waals surface area contributed by atoms with Gasteiger partial charge in [-0.15, -0.1) is 0 Å². The van der Waals surface area contributed by atoms with Crippen molar-refractivity contribution in [2.75, 3.05) is 0 Å². The van der Waals surface area contributed by atoms with Crippen molar-refractivity contribution in [2.24, 2.45) is 17.8 Å². The Morgan fingerprint density at radius 2 is 1.45 bits per heavy atom. The van der Waals surface area contributed by atoms with Crippen LogP contribution in [0.25, 0.3) is 27.8 Å². The van der Waals surface area contributed by atoms with E-state index in [2.05, 4.69) is 25.2 Å². The van der Waals surface area contributed by atoms with Crippen LogP contribution < -0.4 is 0 Å². The zero-order valence-corrected chi connectivity index (χ0v) is 23.9. The van der Waals surface area contributed by atoms with E-state index < -0.39 is 11.6 Å². The fraction of sp³-hybridized carbons (Fsp3) is 0.405. The molecule has 3 heteroatoms. The van der Waals surface area contributed by atoms with E-state index >= 15 is 4.39 Å². The highest BCUT2D eigenvalue weighted by molar-refractivity contribution is 5.74. The van der Waals surface area contributed by atoms with Gasteiger partial charge in [-0.2, -0.15) is 0 Å². The summed E-state index contributed by atoms with van der Waals surface area (Å²) in [6, 6.07) is 15.9. The van der Waals surface area contributed by atoms with E-state index in [1.54, 1.807) is 37.3 Å². The van der Waals surface area contributed by atoms with Crippen molar-refractivity contribution in [3.05, 3.63) is 101 Å². The molecule has 0 saturated heterocycles. The lowest BCUT2D eigenvalue weighted by molar-refractivity contribution is 0.190. The van der Waals surface area contributed by atoms with Crippen molar-refractivity contribution in [1.29, 1.82) is 0 Å². The van der Waals surface area contributed by atoms with Gasteiger partial charge in [0.15, 0.2) is 11.6 Å². The minimum atomic E-state index is -0.821. The molecule has 0 N–H and O–H groups in total. The van der Waals surface area contributed by atoms with Crippen LogP contribution in [-0.4, -0.2) is 0 Å². The summed E-state index contributed by atoms with van der Waals surface area (Å²) < 4.78 is 44.2. The molecule has 2 aliphatic carbocycles. The number of hydrogen-bond donors (Lipinski definition) is 0. The third-order valence-electron chi connectivity index (χ3n) is 9.37. The molecule has 0 aliphatic heterocycles. The molecule has 0 bridgehead atoms. The highest BCUT2D eigenvalue weighted by Gasteiger charge is 2.29. The Morgan fingerprint density at radius 3 is 2.10 bits per heavy atom. The number of halogens is 3.